The predicted octanol–water partition coefficient (Wildman–Crippen LogP) is 1.99. The second kappa shape index (κ2) is 5.42. The molecule has 1 aliphatic rings. The highest BCUT2D eigenvalue weighted by molar-refractivity contribution is 7.99. The highest BCUT2D eigenvalue weighted by atomic mass is 32.2. The zero-order valence-corrected chi connectivity index (χ0v) is 11.6. The molecule has 0 unspecified atom stereocenters. The molecule has 1 aromatic carbocycles. The smallest absolute Gasteiger partial charge is 0.207 e. The lowest BCUT2D eigenvalue weighted by Gasteiger charge is -2.25. The SMILES string of the molecule is CCc1ccc(S(=O)(=O)N2CCSCC2)cc1. The first kappa shape index (κ1) is 12.9. The molecule has 1 heterocycles. The molecule has 0 atom stereocenters. The van der Waals surface area contributed by atoms with Crippen molar-refractivity contribution in [1.29, 1.82) is 0 Å². The Morgan fingerprint density at radius 3 is 2.29 bits per heavy atom. The quantitative estimate of drug-likeness (QED) is 0.843. The van der Waals surface area contributed by atoms with Crippen molar-refractivity contribution in [3.8, 4) is 0 Å². The summed E-state index contributed by atoms with van der Waals surface area (Å²) in [6, 6.07) is 7.23. The van der Waals surface area contributed by atoms with Gasteiger partial charge < -0.3 is 0 Å². The predicted molar refractivity (Wildman–Crippen MR) is 71.9 cm³/mol. The number of sulfonamides is 1. The van der Waals surface area contributed by atoms with Gasteiger partial charge in [0.25, 0.3) is 0 Å². The van der Waals surface area contributed by atoms with Crippen LogP contribution in [-0.2, 0) is 16.4 Å². The van der Waals surface area contributed by atoms with Gasteiger partial charge in [-0.1, -0.05) is 19.1 Å². The fourth-order valence-corrected chi connectivity index (χ4v) is 4.41. The maximum atomic E-state index is 12.3. The summed E-state index contributed by atoms with van der Waals surface area (Å²) >= 11 is 1.81. The molecule has 0 aliphatic carbocycles. The topological polar surface area (TPSA) is 37.4 Å². The average Bonchev–Trinajstić information content (AvgIpc) is 2.40. The molecule has 0 radical (unpaired) electrons. The molecule has 2 rings (SSSR count). The summed E-state index contributed by atoms with van der Waals surface area (Å²) in [6.45, 7) is 3.32. The molecule has 0 N–H and O–H groups in total. The van der Waals surface area contributed by atoms with Crippen molar-refractivity contribution in [2.75, 3.05) is 24.6 Å². The van der Waals surface area contributed by atoms with Gasteiger partial charge in [-0.3, -0.25) is 0 Å². The number of hydrogen-bond donors (Lipinski definition) is 0. The first-order valence-electron chi connectivity index (χ1n) is 5.81. The van der Waals surface area contributed by atoms with Crippen LogP contribution >= 0.6 is 11.8 Å². The summed E-state index contributed by atoms with van der Waals surface area (Å²) in [5, 5.41) is 0. The molecule has 3 nitrogen and oxygen atoms in total. The molecule has 0 aromatic heterocycles. The standard InChI is InChI=1S/C12H17NO2S2/c1-2-11-3-5-12(6-4-11)17(14,15)13-7-9-16-10-8-13/h3-6H,2,7-10H2,1H3. The second-order valence-electron chi connectivity index (χ2n) is 4.01. The van der Waals surface area contributed by atoms with E-state index in [1.165, 1.54) is 0 Å². The summed E-state index contributed by atoms with van der Waals surface area (Å²) in [4.78, 5) is 0.418. The zero-order valence-electron chi connectivity index (χ0n) is 9.93. The Hall–Kier alpha value is -0.520. The fraction of sp³-hybridized carbons (Fsp3) is 0.500. The second-order valence-corrected chi connectivity index (χ2v) is 7.18. The Morgan fingerprint density at radius 1 is 1.18 bits per heavy atom. The molecule has 5 heteroatoms. The summed E-state index contributed by atoms with van der Waals surface area (Å²) in [5.41, 5.74) is 1.16. The van der Waals surface area contributed by atoms with E-state index in [4.69, 9.17) is 0 Å². The molecule has 0 saturated carbocycles. The van der Waals surface area contributed by atoms with E-state index in [0.717, 1.165) is 23.5 Å². The lowest BCUT2D eigenvalue weighted by atomic mass is 10.2. The van der Waals surface area contributed by atoms with Gasteiger partial charge in [-0.05, 0) is 24.1 Å². The third-order valence-corrected chi connectivity index (χ3v) is 5.79. The minimum Gasteiger partial charge on any atom is -0.207 e. The van der Waals surface area contributed by atoms with E-state index in [-0.39, 0.29) is 0 Å². The van der Waals surface area contributed by atoms with Crippen LogP contribution in [0.4, 0.5) is 0 Å². The third kappa shape index (κ3) is 2.84. The molecule has 0 amide bonds. The Morgan fingerprint density at radius 2 is 1.76 bits per heavy atom. The molecule has 1 saturated heterocycles. The van der Waals surface area contributed by atoms with Crippen molar-refractivity contribution in [2.24, 2.45) is 0 Å². The number of nitrogens with zero attached hydrogens (tertiary/aromatic N) is 1. The third-order valence-electron chi connectivity index (χ3n) is 2.94. The number of benzene rings is 1. The van der Waals surface area contributed by atoms with E-state index >= 15 is 0 Å². The minimum absolute atomic E-state index is 0.418. The van der Waals surface area contributed by atoms with Crippen LogP contribution in [0.1, 0.15) is 12.5 Å². The Bertz CT molecular complexity index is 462. The molecular formula is C12H17NO2S2. The van der Waals surface area contributed by atoms with Crippen LogP contribution in [0.5, 0.6) is 0 Å². The van der Waals surface area contributed by atoms with E-state index in [1.807, 2.05) is 23.9 Å². The maximum Gasteiger partial charge on any atom is 0.243 e. The highest BCUT2D eigenvalue weighted by Crippen LogP contribution is 2.20. The van der Waals surface area contributed by atoms with E-state index in [9.17, 15) is 8.42 Å². The van der Waals surface area contributed by atoms with Crippen LogP contribution in [-0.4, -0.2) is 37.3 Å². The molecule has 94 valence electrons. The first-order chi connectivity index (χ1) is 8.14. The monoisotopic (exact) mass is 271 g/mol. The first-order valence-corrected chi connectivity index (χ1v) is 8.41. The van der Waals surface area contributed by atoms with Crippen molar-refractivity contribution in [2.45, 2.75) is 18.2 Å². The van der Waals surface area contributed by atoms with E-state index < -0.39 is 10.0 Å². The van der Waals surface area contributed by atoms with E-state index in [1.54, 1.807) is 16.4 Å². The largest absolute Gasteiger partial charge is 0.243 e. The van der Waals surface area contributed by atoms with Gasteiger partial charge in [0, 0.05) is 24.6 Å². The summed E-state index contributed by atoms with van der Waals surface area (Å²) in [6.07, 6.45) is 0.931. The van der Waals surface area contributed by atoms with Gasteiger partial charge in [0.05, 0.1) is 4.90 Å². The molecule has 1 aliphatic heterocycles. The van der Waals surface area contributed by atoms with Crippen molar-refractivity contribution in [1.82, 2.24) is 4.31 Å². The summed E-state index contributed by atoms with van der Waals surface area (Å²) < 4.78 is 26.2. The Labute approximate surface area is 107 Å². The number of hydrogen-bond acceptors (Lipinski definition) is 3. The average molecular weight is 271 g/mol. The lowest BCUT2D eigenvalue weighted by Crippen LogP contribution is -2.37. The van der Waals surface area contributed by atoms with Crippen molar-refractivity contribution >= 4 is 21.8 Å². The van der Waals surface area contributed by atoms with Crippen molar-refractivity contribution in [3.63, 3.8) is 0 Å². The van der Waals surface area contributed by atoms with Gasteiger partial charge in [-0.25, -0.2) is 8.42 Å². The van der Waals surface area contributed by atoms with Gasteiger partial charge in [-0.2, -0.15) is 16.1 Å². The van der Waals surface area contributed by atoms with Gasteiger partial charge in [0.2, 0.25) is 10.0 Å². The number of rotatable bonds is 3. The molecule has 17 heavy (non-hydrogen) atoms. The normalized spacial score (nSPS) is 18.2. The van der Waals surface area contributed by atoms with Gasteiger partial charge >= 0.3 is 0 Å². The van der Waals surface area contributed by atoms with Gasteiger partial charge in [0.15, 0.2) is 0 Å². The van der Waals surface area contributed by atoms with Crippen LogP contribution in [0, 0.1) is 0 Å². The van der Waals surface area contributed by atoms with Crippen LogP contribution in [0.25, 0.3) is 0 Å². The van der Waals surface area contributed by atoms with E-state index in [0.29, 0.717) is 18.0 Å². The van der Waals surface area contributed by atoms with Gasteiger partial charge in [0.1, 0.15) is 0 Å². The highest BCUT2D eigenvalue weighted by Gasteiger charge is 2.25. The lowest BCUT2D eigenvalue weighted by molar-refractivity contribution is 0.443. The van der Waals surface area contributed by atoms with Crippen molar-refractivity contribution < 1.29 is 8.42 Å². The summed E-state index contributed by atoms with van der Waals surface area (Å²) in [5.74, 6) is 1.79. The Kier molecular flexibility index (Phi) is 4.12. The molecule has 0 bridgehead atoms. The van der Waals surface area contributed by atoms with Gasteiger partial charge in [-0.15, -0.1) is 0 Å². The van der Waals surface area contributed by atoms with Crippen LogP contribution < -0.4 is 0 Å². The molecule has 0 spiro atoms. The molecule has 1 aromatic rings. The van der Waals surface area contributed by atoms with Crippen LogP contribution in [0.3, 0.4) is 0 Å². The molecule has 1 fully saturated rings. The van der Waals surface area contributed by atoms with Crippen LogP contribution in [0.15, 0.2) is 29.2 Å². The van der Waals surface area contributed by atoms with E-state index in [2.05, 4.69) is 6.92 Å². The Balaban J connectivity index is 2.23. The number of thioether (sulfide) groups is 1. The molecular weight excluding hydrogens is 254 g/mol. The number of aryl methyl sites for hydroxylation is 1. The summed E-state index contributed by atoms with van der Waals surface area (Å²) in [7, 11) is -3.27. The van der Waals surface area contributed by atoms with Crippen LogP contribution in [0.2, 0.25) is 0 Å². The minimum atomic E-state index is -3.27. The zero-order chi connectivity index (χ0) is 12.3. The maximum absolute atomic E-state index is 12.3. The fourth-order valence-electron chi connectivity index (χ4n) is 1.83. The van der Waals surface area contributed by atoms with Crippen molar-refractivity contribution in [3.05, 3.63) is 29.8 Å².